The van der Waals surface area contributed by atoms with Crippen LogP contribution in [0.5, 0.6) is 5.75 Å². The Morgan fingerprint density at radius 2 is 1.91 bits per heavy atom. The molecule has 0 aliphatic carbocycles. The smallest absolute Gasteiger partial charge is 0.307 e. The minimum absolute atomic E-state index is 0.175. The second-order valence-electron chi connectivity index (χ2n) is 7.08. The number of carbonyl (C=O) groups excluding carboxylic acids is 1. The van der Waals surface area contributed by atoms with Crippen LogP contribution in [-0.2, 0) is 6.61 Å². The summed E-state index contributed by atoms with van der Waals surface area (Å²) >= 11 is 13.3. The third-order valence-corrected chi connectivity index (χ3v) is 5.97. The molecule has 1 aromatic heterocycles. The van der Waals surface area contributed by atoms with Crippen LogP contribution in [0.2, 0.25) is 5.02 Å². The number of aryl methyl sites for hydroxylation is 1. The third kappa shape index (κ3) is 5.41. The molecule has 0 bridgehead atoms. The lowest BCUT2D eigenvalue weighted by Gasteiger charge is -2.11. The number of fused-ring (bicyclic) bond motifs is 1. The van der Waals surface area contributed by atoms with Gasteiger partial charge in [-0.15, -0.1) is 0 Å². The largest absolute Gasteiger partial charge is 0.486 e. The van der Waals surface area contributed by atoms with Gasteiger partial charge in [-0.1, -0.05) is 57.4 Å². The summed E-state index contributed by atoms with van der Waals surface area (Å²) in [5, 5.41) is 5.26. The summed E-state index contributed by atoms with van der Waals surface area (Å²) in [6.07, 6.45) is 1.50. The predicted molar refractivity (Wildman–Crippen MR) is 134 cm³/mol. The topological polar surface area (TPSA) is 63.8 Å². The molecule has 1 heterocycles. The Labute approximate surface area is 206 Å². The summed E-state index contributed by atoms with van der Waals surface area (Å²) in [5.41, 5.74) is 6.02. The SMILES string of the molecule is Cc1ccc(COc2c(Cl)cc(/C=N/NC(=O)c3cc4cc(Br)ccc4o3)cc2Br)cc1. The normalized spacial score (nSPS) is 11.2. The van der Waals surface area contributed by atoms with Crippen LogP contribution in [0.25, 0.3) is 11.0 Å². The van der Waals surface area contributed by atoms with E-state index < -0.39 is 5.91 Å². The van der Waals surface area contributed by atoms with E-state index in [1.165, 1.54) is 11.8 Å². The second kappa shape index (κ2) is 9.90. The Kier molecular flexibility index (Phi) is 6.98. The van der Waals surface area contributed by atoms with E-state index in [1.807, 2.05) is 49.4 Å². The standard InChI is InChI=1S/C24H17Br2ClN2O3/c1-14-2-4-15(5-3-14)13-31-23-19(26)8-16(9-20(23)27)12-28-29-24(30)22-11-17-10-18(25)6-7-21(17)32-22/h2-12H,13H2,1H3,(H,29,30)/b28-12+. The van der Waals surface area contributed by atoms with Gasteiger partial charge < -0.3 is 9.15 Å². The molecule has 32 heavy (non-hydrogen) atoms. The molecule has 3 aromatic carbocycles. The van der Waals surface area contributed by atoms with Crippen molar-refractivity contribution in [1.29, 1.82) is 0 Å². The number of benzene rings is 3. The monoisotopic (exact) mass is 574 g/mol. The average Bonchev–Trinajstić information content (AvgIpc) is 3.18. The summed E-state index contributed by atoms with van der Waals surface area (Å²) in [6.45, 7) is 2.44. The molecule has 4 rings (SSSR count). The molecule has 0 fully saturated rings. The van der Waals surface area contributed by atoms with Crippen LogP contribution < -0.4 is 10.2 Å². The minimum atomic E-state index is -0.447. The molecule has 0 radical (unpaired) electrons. The average molecular weight is 577 g/mol. The molecule has 0 unspecified atom stereocenters. The van der Waals surface area contributed by atoms with Gasteiger partial charge in [0.1, 0.15) is 12.2 Å². The minimum Gasteiger partial charge on any atom is -0.486 e. The Hall–Kier alpha value is -2.61. The van der Waals surface area contributed by atoms with Crippen LogP contribution in [0.1, 0.15) is 27.2 Å². The first-order valence-corrected chi connectivity index (χ1v) is 11.6. The van der Waals surface area contributed by atoms with Crippen molar-refractivity contribution < 1.29 is 13.9 Å². The van der Waals surface area contributed by atoms with Crippen LogP contribution in [0, 0.1) is 6.92 Å². The van der Waals surface area contributed by atoms with Crippen molar-refractivity contribution in [2.45, 2.75) is 13.5 Å². The van der Waals surface area contributed by atoms with Crippen LogP contribution >= 0.6 is 43.5 Å². The highest BCUT2D eigenvalue weighted by Gasteiger charge is 2.12. The highest BCUT2D eigenvalue weighted by atomic mass is 79.9. The number of nitrogens with zero attached hydrogens (tertiary/aromatic N) is 1. The Balaban J connectivity index is 1.41. The number of hydrogen-bond donors (Lipinski definition) is 1. The first kappa shape index (κ1) is 22.6. The molecule has 162 valence electrons. The maximum Gasteiger partial charge on any atom is 0.307 e. The Bertz CT molecular complexity index is 1290. The van der Waals surface area contributed by atoms with Crippen LogP contribution in [0.15, 0.2) is 79.1 Å². The van der Waals surface area contributed by atoms with Gasteiger partial charge in [0.25, 0.3) is 0 Å². The van der Waals surface area contributed by atoms with E-state index in [2.05, 4.69) is 42.4 Å². The molecule has 8 heteroatoms. The van der Waals surface area contributed by atoms with Crippen molar-refractivity contribution >= 4 is 66.6 Å². The van der Waals surface area contributed by atoms with Crippen molar-refractivity contribution in [3.8, 4) is 5.75 Å². The third-order valence-electron chi connectivity index (χ3n) is 4.61. The highest BCUT2D eigenvalue weighted by Crippen LogP contribution is 2.34. The van der Waals surface area contributed by atoms with Crippen molar-refractivity contribution in [2.75, 3.05) is 0 Å². The zero-order valence-corrected chi connectivity index (χ0v) is 20.8. The van der Waals surface area contributed by atoms with Gasteiger partial charge in [-0.25, -0.2) is 5.43 Å². The lowest BCUT2D eigenvalue weighted by Crippen LogP contribution is -2.16. The quantitative estimate of drug-likeness (QED) is 0.194. The van der Waals surface area contributed by atoms with Gasteiger partial charge in [0.05, 0.1) is 15.7 Å². The van der Waals surface area contributed by atoms with E-state index in [1.54, 1.807) is 18.2 Å². The molecule has 0 spiro atoms. The van der Waals surface area contributed by atoms with E-state index in [0.29, 0.717) is 33.0 Å². The van der Waals surface area contributed by atoms with Gasteiger partial charge in [-0.05, 0) is 70.4 Å². The van der Waals surface area contributed by atoms with Gasteiger partial charge >= 0.3 is 5.91 Å². The molecule has 0 aliphatic rings. The van der Waals surface area contributed by atoms with Crippen molar-refractivity contribution in [2.24, 2.45) is 5.10 Å². The highest BCUT2D eigenvalue weighted by molar-refractivity contribution is 9.10. The maximum atomic E-state index is 12.3. The molecule has 0 aliphatic heterocycles. The second-order valence-corrected chi connectivity index (χ2v) is 9.26. The van der Waals surface area contributed by atoms with Crippen molar-refractivity contribution in [3.63, 3.8) is 0 Å². The number of hydrogen-bond acceptors (Lipinski definition) is 4. The van der Waals surface area contributed by atoms with Gasteiger partial charge in [0.2, 0.25) is 0 Å². The van der Waals surface area contributed by atoms with Gasteiger partial charge in [0.15, 0.2) is 11.5 Å². The fraction of sp³-hybridized carbons (Fsp3) is 0.0833. The number of nitrogens with one attached hydrogen (secondary N) is 1. The van der Waals surface area contributed by atoms with E-state index in [9.17, 15) is 4.79 Å². The molecule has 1 amide bonds. The molecule has 0 atom stereocenters. The number of halogens is 3. The van der Waals surface area contributed by atoms with Crippen molar-refractivity contribution in [1.82, 2.24) is 5.43 Å². The molecular formula is C24H17Br2ClN2O3. The maximum absolute atomic E-state index is 12.3. The molecule has 0 saturated heterocycles. The predicted octanol–water partition coefficient (Wildman–Crippen LogP) is 7.26. The molecule has 1 N–H and O–H groups in total. The van der Waals surface area contributed by atoms with Gasteiger partial charge in [-0.3, -0.25) is 4.79 Å². The molecular weight excluding hydrogens is 560 g/mol. The summed E-state index contributed by atoms with van der Waals surface area (Å²) in [6, 6.07) is 18.8. The van der Waals surface area contributed by atoms with Gasteiger partial charge in [-0.2, -0.15) is 5.10 Å². The lowest BCUT2D eigenvalue weighted by atomic mass is 10.2. The molecule has 4 aromatic rings. The summed E-state index contributed by atoms with van der Waals surface area (Å²) in [5.74, 6) is 0.271. The fourth-order valence-electron chi connectivity index (χ4n) is 2.98. The van der Waals surface area contributed by atoms with Crippen LogP contribution in [-0.4, -0.2) is 12.1 Å². The molecule has 5 nitrogen and oxygen atoms in total. The number of furan rings is 1. The summed E-state index contributed by atoms with van der Waals surface area (Å²) in [4.78, 5) is 12.3. The van der Waals surface area contributed by atoms with E-state index >= 15 is 0 Å². The van der Waals surface area contributed by atoms with E-state index in [-0.39, 0.29) is 5.76 Å². The van der Waals surface area contributed by atoms with E-state index in [4.69, 9.17) is 20.8 Å². The van der Waals surface area contributed by atoms with Gasteiger partial charge in [0, 0.05) is 9.86 Å². The zero-order valence-electron chi connectivity index (χ0n) is 16.9. The number of amides is 1. The number of ether oxygens (including phenoxy) is 1. The van der Waals surface area contributed by atoms with Crippen LogP contribution in [0.4, 0.5) is 0 Å². The Morgan fingerprint density at radius 3 is 2.66 bits per heavy atom. The van der Waals surface area contributed by atoms with E-state index in [0.717, 1.165) is 15.4 Å². The zero-order chi connectivity index (χ0) is 22.7. The van der Waals surface area contributed by atoms with Crippen molar-refractivity contribution in [3.05, 3.63) is 97.1 Å². The summed E-state index contributed by atoms with van der Waals surface area (Å²) < 4.78 is 13.0. The van der Waals surface area contributed by atoms with Crippen LogP contribution in [0.3, 0.4) is 0 Å². The first-order chi connectivity index (χ1) is 15.4. The lowest BCUT2D eigenvalue weighted by molar-refractivity contribution is 0.0929. The Morgan fingerprint density at radius 1 is 1.12 bits per heavy atom. The number of hydrazone groups is 1. The summed E-state index contributed by atoms with van der Waals surface area (Å²) in [7, 11) is 0. The molecule has 0 saturated carbocycles. The number of carbonyl (C=O) groups is 1. The first-order valence-electron chi connectivity index (χ1n) is 9.59. The number of rotatable bonds is 6. The fourth-order valence-corrected chi connectivity index (χ4v) is 4.35.